The van der Waals surface area contributed by atoms with Gasteiger partial charge in [0.25, 0.3) is 11.8 Å². The van der Waals surface area contributed by atoms with E-state index in [9.17, 15) is 9.59 Å². The highest BCUT2D eigenvalue weighted by atomic mass is 35.5. The highest BCUT2D eigenvalue weighted by molar-refractivity contribution is 6.32. The van der Waals surface area contributed by atoms with Crippen LogP contribution < -0.4 is 4.74 Å². The first-order valence-corrected chi connectivity index (χ1v) is 8.56. The van der Waals surface area contributed by atoms with Crippen LogP contribution in [0.4, 0.5) is 0 Å². The van der Waals surface area contributed by atoms with Crippen LogP contribution in [0.5, 0.6) is 11.5 Å². The minimum absolute atomic E-state index is 0.321. The van der Waals surface area contributed by atoms with E-state index in [1.54, 1.807) is 18.2 Å². The number of imide groups is 1. The second-order valence-electron chi connectivity index (χ2n) is 6.25. The Morgan fingerprint density at radius 1 is 0.769 bits per heavy atom. The number of rotatable bonds is 1. The van der Waals surface area contributed by atoms with Gasteiger partial charge in [-0.15, -0.1) is 0 Å². The molecule has 26 heavy (non-hydrogen) atoms. The van der Waals surface area contributed by atoms with Crippen LogP contribution in [-0.2, 0) is 0 Å². The van der Waals surface area contributed by atoms with Crippen molar-refractivity contribution in [2.45, 2.75) is 6.04 Å². The molecule has 5 heteroatoms. The van der Waals surface area contributed by atoms with Gasteiger partial charge >= 0.3 is 0 Å². The number of hydrogen-bond acceptors (Lipinski definition) is 3. The SMILES string of the molecule is O=C1c2ccc(Cl)cc2C(=O)N1C1c2ccccc2Oc2ccccc21. The van der Waals surface area contributed by atoms with Crippen LogP contribution in [0, 0.1) is 0 Å². The van der Waals surface area contributed by atoms with E-state index >= 15 is 0 Å². The minimum atomic E-state index is -0.540. The van der Waals surface area contributed by atoms with Gasteiger partial charge in [0.05, 0.1) is 17.2 Å². The molecule has 3 aromatic rings. The summed E-state index contributed by atoms with van der Waals surface area (Å²) < 4.78 is 5.96. The zero-order valence-corrected chi connectivity index (χ0v) is 14.2. The molecule has 2 heterocycles. The second-order valence-corrected chi connectivity index (χ2v) is 6.69. The Morgan fingerprint density at radius 2 is 1.35 bits per heavy atom. The normalized spacial score (nSPS) is 15.3. The zero-order valence-electron chi connectivity index (χ0n) is 13.5. The Hall–Kier alpha value is -3.11. The van der Waals surface area contributed by atoms with Crippen molar-refractivity contribution >= 4 is 23.4 Å². The lowest BCUT2D eigenvalue weighted by atomic mass is 9.93. The number of halogens is 1. The van der Waals surface area contributed by atoms with E-state index in [0.29, 0.717) is 27.6 Å². The highest BCUT2D eigenvalue weighted by Crippen LogP contribution is 2.47. The number of amides is 2. The molecule has 2 amide bonds. The standard InChI is InChI=1S/C21H12ClNO3/c22-12-9-10-13-16(11-12)21(25)23(20(13)24)19-14-5-1-3-7-17(14)26-18-8-4-2-6-15(18)19/h1-11,19H. The zero-order chi connectivity index (χ0) is 17.8. The third-order valence-corrected chi connectivity index (χ3v) is 5.02. The second kappa shape index (κ2) is 5.44. The first-order chi connectivity index (χ1) is 12.6. The number of fused-ring (bicyclic) bond motifs is 3. The summed E-state index contributed by atoms with van der Waals surface area (Å²) in [5.74, 6) is 0.624. The molecule has 4 nitrogen and oxygen atoms in total. The van der Waals surface area contributed by atoms with E-state index in [2.05, 4.69) is 0 Å². The molecule has 126 valence electrons. The van der Waals surface area contributed by atoms with E-state index in [-0.39, 0.29) is 11.8 Å². The number of carbonyl (C=O) groups is 2. The third-order valence-electron chi connectivity index (χ3n) is 4.79. The van der Waals surface area contributed by atoms with Crippen molar-refractivity contribution in [1.29, 1.82) is 0 Å². The number of carbonyl (C=O) groups excluding carboxylic acids is 2. The van der Waals surface area contributed by atoms with Crippen LogP contribution in [0.1, 0.15) is 37.9 Å². The van der Waals surface area contributed by atoms with E-state index in [0.717, 1.165) is 11.1 Å². The van der Waals surface area contributed by atoms with Gasteiger partial charge in [-0.25, -0.2) is 0 Å². The van der Waals surface area contributed by atoms with Gasteiger partial charge in [-0.2, -0.15) is 0 Å². The molecular weight excluding hydrogens is 350 g/mol. The van der Waals surface area contributed by atoms with Crippen LogP contribution in [-0.4, -0.2) is 16.7 Å². The van der Waals surface area contributed by atoms with Crippen molar-refractivity contribution < 1.29 is 14.3 Å². The van der Waals surface area contributed by atoms with Crippen molar-refractivity contribution in [3.05, 3.63) is 94.0 Å². The summed E-state index contributed by atoms with van der Waals surface area (Å²) in [5, 5.41) is 0.430. The molecule has 3 aromatic carbocycles. The van der Waals surface area contributed by atoms with Gasteiger partial charge in [0.15, 0.2) is 0 Å². The maximum absolute atomic E-state index is 13.1. The largest absolute Gasteiger partial charge is 0.457 e. The summed E-state index contributed by atoms with van der Waals surface area (Å²) in [6.07, 6.45) is 0. The molecule has 5 rings (SSSR count). The van der Waals surface area contributed by atoms with Gasteiger partial charge in [0, 0.05) is 16.1 Å². The molecule has 0 atom stereocenters. The summed E-state index contributed by atoms with van der Waals surface area (Å²) in [7, 11) is 0. The summed E-state index contributed by atoms with van der Waals surface area (Å²) in [4.78, 5) is 27.4. The van der Waals surface area contributed by atoms with Crippen molar-refractivity contribution in [2.75, 3.05) is 0 Å². The lowest BCUT2D eigenvalue weighted by Crippen LogP contribution is -2.36. The average molecular weight is 362 g/mol. The van der Waals surface area contributed by atoms with Crippen LogP contribution in [0.15, 0.2) is 66.7 Å². The van der Waals surface area contributed by atoms with E-state index < -0.39 is 6.04 Å². The molecular formula is C21H12ClNO3. The van der Waals surface area contributed by atoms with Crippen LogP contribution in [0.2, 0.25) is 5.02 Å². The smallest absolute Gasteiger partial charge is 0.262 e. The van der Waals surface area contributed by atoms with Gasteiger partial charge in [0.2, 0.25) is 0 Å². The molecule has 0 N–H and O–H groups in total. The predicted octanol–water partition coefficient (Wildman–Crippen LogP) is 4.83. The van der Waals surface area contributed by atoms with Crippen LogP contribution in [0.25, 0.3) is 0 Å². The van der Waals surface area contributed by atoms with Gasteiger partial charge < -0.3 is 4.74 Å². The molecule has 0 aliphatic carbocycles. The monoisotopic (exact) mass is 361 g/mol. The lowest BCUT2D eigenvalue weighted by molar-refractivity contribution is 0.0603. The van der Waals surface area contributed by atoms with E-state index in [4.69, 9.17) is 16.3 Å². The fourth-order valence-electron chi connectivity index (χ4n) is 3.63. The number of benzene rings is 3. The Bertz CT molecular complexity index is 1050. The summed E-state index contributed by atoms with van der Waals surface area (Å²) >= 11 is 6.03. The Morgan fingerprint density at radius 3 is 2.00 bits per heavy atom. The maximum Gasteiger partial charge on any atom is 0.262 e. The van der Waals surface area contributed by atoms with Crippen molar-refractivity contribution in [3.63, 3.8) is 0 Å². The summed E-state index contributed by atoms with van der Waals surface area (Å²) in [5.41, 5.74) is 2.28. The van der Waals surface area contributed by atoms with Crippen LogP contribution >= 0.6 is 11.6 Å². The molecule has 0 aromatic heterocycles. The topological polar surface area (TPSA) is 46.6 Å². The molecule has 0 radical (unpaired) electrons. The molecule has 2 aliphatic rings. The molecule has 0 fully saturated rings. The Balaban J connectivity index is 1.72. The molecule has 2 aliphatic heterocycles. The fraction of sp³-hybridized carbons (Fsp3) is 0.0476. The van der Waals surface area contributed by atoms with Crippen molar-refractivity contribution in [2.24, 2.45) is 0 Å². The highest BCUT2D eigenvalue weighted by Gasteiger charge is 2.44. The maximum atomic E-state index is 13.1. The van der Waals surface area contributed by atoms with Crippen molar-refractivity contribution in [1.82, 2.24) is 4.90 Å². The predicted molar refractivity (Wildman–Crippen MR) is 96.8 cm³/mol. The van der Waals surface area contributed by atoms with Gasteiger partial charge in [0.1, 0.15) is 11.5 Å². The summed E-state index contributed by atoms with van der Waals surface area (Å²) in [6.45, 7) is 0. The van der Waals surface area contributed by atoms with E-state index in [1.165, 1.54) is 4.90 Å². The Kier molecular flexibility index (Phi) is 3.18. The van der Waals surface area contributed by atoms with E-state index in [1.807, 2.05) is 48.5 Å². The lowest BCUT2D eigenvalue weighted by Gasteiger charge is -2.33. The third kappa shape index (κ3) is 2.02. The number of nitrogens with zero attached hydrogens (tertiary/aromatic N) is 1. The van der Waals surface area contributed by atoms with Gasteiger partial charge in [-0.1, -0.05) is 48.0 Å². The molecule has 0 saturated heterocycles. The quantitative estimate of drug-likeness (QED) is 0.583. The Labute approximate surface area is 154 Å². The number of hydrogen-bond donors (Lipinski definition) is 0. The van der Waals surface area contributed by atoms with Crippen molar-refractivity contribution in [3.8, 4) is 11.5 Å². The molecule has 0 unspecified atom stereocenters. The van der Waals surface area contributed by atoms with Gasteiger partial charge in [-0.3, -0.25) is 14.5 Å². The number of ether oxygens (including phenoxy) is 1. The molecule has 0 bridgehead atoms. The summed E-state index contributed by atoms with van der Waals surface area (Å²) in [6, 6.07) is 19.2. The first-order valence-electron chi connectivity index (χ1n) is 8.18. The minimum Gasteiger partial charge on any atom is -0.457 e. The fourth-order valence-corrected chi connectivity index (χ4v) is 3.80. The first kappa shape index (κ1) is 15.2. The average Bonchev–Trinajstić information content (AvgIpc) is 2.90. The number of para-hydroxylation sites is 2. The molecule has 0 spiro atoms. The van der Waals surface area contributed by atoms with Crippen LogP contribution in [0.3, 0.4) is 0 Å². The van der Waals surface area contributed by atoms with Gasteiger partial charge in [-0.05, 0) is 30.3 Å². The molecule has 0 saturated carbocycles.